The van der Waals surface area contributed by atoms with Crippen LogP contribution in [0.15, 0.2) is 30.3 Å². The Balaban J connectivity index is 0.00000450. The van der Waals surface area contributed by atoms with Crippen LogP contribution in [-0.2, 0) is 5.41 Å². The van der Waals surface area contributed by atoms with E-state index in [-0.39, 0.29) is 42.0 Å². The van der Waals surface area contributed by atoms with Gasteiger partial charge in [-0.15, -0.1) is 0 Å². The minimum absolute atomic E-state index is 0. The standard InChI is InChI=1S/C25H34O3P.Li/c1-15(2)27-20-10-11-22(21(14-20)28-16(3)4)29-24(26)23-17(5)12-19(13-18(23)6)25(7,8)9;/h10-16H,1-9H3;/q-1;+1. The van der Waals surface area contributed by atoms with E-state index in [9.17, 15) is 4.79 Å². The second-order valence-corrected chi connectivity index (χ2v) is 10.2. The van der Waals surface area contributed by atoms with Crippen molar-refractivity contribution in [1.82, 2.24) is 0 Å². The summed E-state index contributed by atoms with van der Waals surface area (Å²) in [5.74, 6) is 1.46. The molecule has 0 fully saturated rings. The molecule has 2 aromatic rings. The molecule has 3 nitrogen and oxygen atoms in total. The minimum Gasteiger partial charge on any atom is -0.493 e. The van der Waals surface area contributed by atoms with E-state index in [4.69, 9.17) is 9.47 Å². The van der Waals surface area contributed by atoms with Crippen LogP contribution in [0.25, 0.3) is 0 Å². The van der Waals surface area contributed by atoms with E-state index in [0.29, 0.717) is 14.3 Å². The molecule has 30 heavy (non-hydrogen) atoms. The van der Waals surface area contributed by atoms with Gasteiger partial charge in [-0.2, -0.15) is 5.30 Å². The van der Waals surface area contributed by atoms with Gasteiger partial charge in [-0.05, 0) is 75.3 Å². The summed E-state index contributed by atoms with van der Waals surface area (Å²) in [7, 11) is 0.609. The predicted molar refractivity (Wildman–Crippen MR) is 123 cm³/mol. The fourth-order valence-electron chi connectivity index (χ4n) is 3.18. The Morgan fingerprint density at radius 2 is 1.43 bits per heavy atom. The van der Waals surface area contributed by atoms with Crippen molar-refractivity contribution in [2.75, 3.05) is 0 Å². The van der Waals surface area contributed by atoms with E-state index in [1.807, 2.05) is 59.7 Å². The van der Waals surface area contributed by atoms with Crippen molar-refractivity contribution in [3.8, 4) is 11.5 Å². The van der Waals surface area contributed by atoms with Crippen LogP contribution in [0.3, 0.4) is 0 Å². The first-order chi connectivity index (χ1) is 13.4. The molecule has 0 aliphatic carbocycles. The Hall–Kier alpha value is -1.26. The molecule has 0 amide bonds. The summed E-state index contributed by atoms with van der Waals surface area (Å²) < 4.78 is 11.8. The van der Waals surface area contributed by atoms with Gasteiger partial charge in [0.05, 0.1) is 18.0 Å². The second-order valence-electron chi connectivity index (χ2n) is 9.11. The number of benzene rings is 2. The molecule has 0 unspecified atom stereocenters. The second kappa shape index (κ2) is 10.9. The van der Waals surface area contributed by atoms with Crippen LogP contribution in [0.1, 0.15) is 75.5 Å². The first-order valence-corrected chi connectivity index (χ1v) is 11.1. The normalized spacial score (nSPS) is 11.8. The molecule has 5 heteroatoms. The van der Waals surface area contributed by atoms with Crippen molar-refractivity contribution in [2.45, 2.75) is 79.9 Å². The fraction of sp³-hybridized carbons (Fsp3) is 0.480. The van der Waals surface area contributed by atoms with Gasteiger partial charge in [0, 0.05) is 11.6 Å². The van der Waals surface area contributed by atoms with Crippen molar-refractivity contribution in [3.05, 3.63) is 52.6 Å². The van der Waals surface area contributed by atoms with Gasteiger partial charge in [0.1, 0.15) is 5.75 Å². The average Bonchev–Trinajstić information content (AvgIpc) is 2.54. The topological polar surface area (TPSA) is 35.5 Å². The van der Waals surface area contributed by atoms with E-state index in [1.54, 1.807) is 0 Å². The van der Waals surface area contributed by atoms with Gasteiger partial charge in [0.2, 0.25) is 0 Å². The molecule has 0 N–H and O–H groups in total. The zero-order valence-electron chi connectivity index (χ0n) is 20.2. The zero-order valence-corrected chi connectivity index (χ0v) is 21.1. The number of hydrogen-bond donors (Lipinski definition) is 0. The van der Waals surface area contributed by atoms with Crippen molar-refractivity contribution >= 4 is 19.4 Å². The predicted octanol–water partition coefficient (Wildman–Crippen LogP) is 3.59. The van der Waals surface area contributed by atoms with Gasteiger partial charge < -0.3 is 22.8 Å². The third kappa shape index (κ3) is 7.16. The van der Waals surface area contributed by atoms with E-state index >= 15 is 0 Å². The quantitative estimate of drug-likeness (QED) is 0.507. The summed E-state index contributed by atoms with van der Waals surface area (Å²) in [6.45, 7) is 18.6. The molecule has 158 valence electrons. The SMILES string of the molecule is Cc1cc(C(C)(C)C)cc(C)c1C(=O)[P-]c1ccc(OC(C)C)cc1OC(C)C.[Li+]. The minimum atomic E-state index is 0. The molecule has 0 aliphatic heterocycles. The Bertz CT molecular complexity index is 859. The van der Waals surface area contributed by atoms with Gasteiger partial charge in [0.25, 0.3) is 0 Å². The summed E-state index contributed by atoms with van der Waals surface area (Å²) in [5, 5.41) is 0.860. The van der Waals surface area contributed by atoms with E-state index in [1.165, 1.54) is 5.56 Å². The van der Waals surface area contributed by atoms with Crippen LogP contribution in [0.5, 0.6) is 11.5 Å². The maximum absolute atomic E-state index is 13.2. The summed E-state index contributed by atoms with van der Waals surface area (Å²) in [6.07, 6.45) is 0.0986. The molecule has 2 aromatic carbocycles. The van der Waals surface area contributed by atoms with Crippen molar-refractivity contribution < 1.29 is 33.1 Å². The number of hydrogen-bond acceptors (Lipinski definition) is 3. The monoisotopic (exact) mass is 420 g/mol. The average molecular weight is 420 g/mol. The molecular formula is C25H34LiO3P. The van der Waals surface area contributed by atoms with Gasteiger partial charge in [-0.1, -0.05) is 39.0 Å². The molecule has 0 aromatic heterocycles. The molecule has 0 saturated heterocycles. The van der Waals surface area contributed by atoms with E-state index < -0.39 is 0 Å². The van der Waals surface area contributed by atoms with Crippen molar-refractivity contribution in [1.29, 1.82) is 0 Å². The largest absolute Gasteiger partial charge is 1.00 e. The Labute approximate surface area is 196 Å². The van der Waals surface area contributed by atoms with Crippen LogP contribution < -0.4 is 33.6 Å². The molecule has 0 aliphatic rings. The third-order valence-electron chi connectivity index (χ3n) is 4.50. The van der Waals surface area contributed by atoms with Gasteiger partial charge in [-0.3, -0.25) is 0 Å². The Morgan fingerprint density at radius 3 is 1.90 bits per heavy atom. The summed E-state index contributed by atoms with van der Waals surface area (Å²) in [5.41, 5.74) is 4.25. The number of carbonyl (C=O) groups is 1. The smallest absolute Gasteiger partial charge is 0.493 e. The number of rotatable bonds is 7. The van der Waals surface area contributed by atoms with E-state index in [2.05, 4.69) is 32.9 Å². The van der Waals surface area contributed by atoms with Crippen LogP contribution in [-0.4, -0.2) is 17.7 Å². The van der Waals surface area contributed by atoms with Gasteiger partial charge in [0.15, 0.2) is 0 Å². The van der Waals surface area contributed by atoms with Gasteiger partial charge in [-0.25, -0.2) is 0 Å². The summed E-state index contributed by atoms with van der Waals surface area (Å²) in [4.78, 5) is 13.2. The Kier molecular flexibility index (Phi) is 9.69. The molecule has 0 bridgehead atoms. The molecular weight excluding hydrogens is 386 g/mol. The number of aryl methyl sites for hydroxylation is 2. The molecule has 2 rings (SSSR count). The first kappa shape index (κ1) is 26.8. The van der Waals surface area contributed by atoms with E-state index in [0.717, 1.165) is 27.7 Å². The maximum Gasteiger partial charge on any atom is 1.00 e. The zero-order chi connectivity index (χ0) is 21.9. The van der Waals surface area contributed by atoms with Crippen LogP contribution in [0.4, 0.5) is 0 Å². The molecule has 0 heterocycles. The van der Waals surface area contributed by atoms with Crippen LogP contribution in [0, 0.1) is 13.8 Å². The third-order valence-corrected chi connectivity index (χ3v) is 5.54. The Morgan fingerprint density at radius 1 is 0.900 bits per heavy atom. The number of carbonyl (C=O) groups excluding carboxylic acids is 1. The fourth-order valence-corrected chi connectivity index (χ4v) is 4.24. The van der Waals surface area contributed by atoms with Crippen LogP contribution >= 0.6 is 8.58 Å². The van der Waals surface area contributed by atoms with Gasteiger partial charge >= 0.3 is 18.9 Å². The maximum atomic E-state index is 13.2. The molecule has 0 spiro atoms. The summed E-state index contributed by atoms with van der Waals surface area (Å²) >= 11 is 0. The molecule has 0 atom stereocenters. The molecule has 0 saturated carbocycles. The number of ether oxygens (including phenoxy) is 2. The molecule has 0 radical (unpaired) electrons. The first-order valence-electron chi connectivity index (χ1n) is 10.2. The summed E-state index contributed by atoms with van der Waals surface area (Å²) in [6, 6.07) is 10.0. The van der Waals surface area contributed by atoms with Crippen molar-refractivity contribution in [3.63, 3.8) is 0 Å². The van der Waals surface area contributed by atoms with Crippen molar-refractivity contribution in [2.24, 2.45) is 0 Å². The van der Waals surface area contributed by atoms with Crippen LogP contribution in [0.2, 0.25) is 0 Å².